The van der Waals surface area contributed by atoms with E-state index in [0.29, 0.717) is 0 Å². The molecule has 21 heavy (non-hydrogen) atoms. The summed E-state index contributed by atoms with van der Waals surface area (Å²) in [5, 5.41) is 11.4. The lowest BCUT2D eigenvalue weighted by Gasteiger charge is -2.36. The Bertz CT molecular complexity index is 593. The Labute approximate surface area is 125 Å². The van der Waals surface area contributed by atoms with Crippen LogP contribution in [0.4, 0.5) is 11.4 Å². The molecule has 1 aromatic carbocycles. The van der Waals surface area contributed by atoms with Crippen LogP contribution in [0.2, 0.25) is 0 Å². The lowest BCUT2D eigenvalue weighted by molar-refractivity contribution is 0.570. The van der Waals surface area contributed by atoms with Crippen LogP contribution >= 0.6 is 0 Å². The van der Waals surface area contributed by atoms with E-state index in [1.807, 2.05) is 17.9 Å². The molecule has 0 unspecified atom stereocenters. The molecule has 0 spiro atoms. The predicted octanol–water partition coefficient (Wildman–Crippen LogP) is 0.954. The molecular formula is C15H22N6. The fourth-order valence-electron chi connectivity index (χ4n) is 2.73. The summed E-state index contributed by atoms with van der Waals surface area (Å²) in [6, 6.07) is 8.58. The molecule has 1 aromatic heterocycles. The summed E-state index contributed by atoms with van der Waals surface area (Å²) in [7, 11) is 4.07. The molecule has 6 nitrogen and oxygen atoms in total. The molecule has 2 heterocycles. The van der Waals surface area contributed by atoms with E-state index in [0.717, 1.165) is 38.4 Å². The Morgan fingerprint density at radius 3 is 2.76 bits per heavy atom. The van der Waals surface area contributed by atoms with E-state index in [1.54, 1.807) is 0 Å². The van der Waals surface area contributed by atoms with Crippen LogP contribution in [0.1, 0.15) is 5.69 Å². The van der Waals surface area contributed by atoms with E-state index in [4.69, 9.17) is 0 Å². The minimum absolute atomic E-state index is 0.761. The first-order valence-corrected chi connectivity index (χ1v) is 7.36. The second-order valence-electron chi connectivity index (χ2n) is 5.40. The van der Waals surface area contributed by atoms with E-state index in [1.165, 1.54) is 11.4 Å². The summed E-state index contributed by atoms with van der Waals surface area (Å²) in [6.45, 7) is 4.67. The molecule has 112 valence electrons. The zero-order valence-corrected chi connectivity index (χ0v) is 12.7. The van der Waals surface area contributed by atoms with Gasteiger partial charge in [-0.1, -0.05) is 17.3 Å². The minimum Gasteiger partial charge on any atom is -0.371 e. The average Bonchev–Trinajstić information content (AvgIpc) is 2.95. The second-order valence-corrected chi connectivity index (χ2v) is 5.40. The van der Waals surface area contributed by atoms with Gasteiger partial charge in [0.15, 0.2) is 0 Å². The highest BCUT2D eigenvalue weighted by atomic mass is 15.4. The minimum atomic E-state index is 0.761. The Balaban J connectivity index is 1.67. The summed E-state index contributed by atoms with van der Waals surface area (Å²) in [5.41, 5.74) is 3.59. The van der Waals surface area contributed by atoms with Crippen LogP contribution in [0.15, 0.2) is 30.5 Å². The molecule has 3 rings (SSSR count). The van der Waals surface area contributed by atoms with Crippen molar-refractivity contribution >= 4 is 11.4 Å². The summed E-state index contributed by atoms with van der Waals surface area (Å²) in [4.78, 5) is 4.74. The SMILES string of the molecule is CNCc1cn(CCN2CCN(C)c3ccccc32)nn1. The maximum atomic E-state index is 4.18. The average molecular weight is 286 g/mol. The topological polar surface area (TPSA) is 49.2 Å². The van der Waals surface area contributed by atoms with Crippen LogP contribution in [0.5, 0.6) is 0 Å². The number of fused-ring (bicyclic) bond motifs is 1. The third kappa shape index (κ3) is 3.00. The normalized spacial score (nSPS) is 14.4. The van der Waals surface area contributed by atoms with Crippen LogP contribution in [0, 0.1) is 0 Å². The molecule has 0 saturated heterocycles. The van der Waals surface area contributed by atoms with Crippen molar-refractivity contribution in [3.8, 4) is 0 Å². The number of hydrogen-bond acceptors (Lipinski definition) is 5. The summed E-state index contributed by atoms with van der Waals surface area (Å²) in [5.74, 6) is 0. The molecule has 1 aliphatic rings. The van der Waals surface area contributed by atoms with Crippen LogP contribution in [-0.2, 0) is 13.1 Å². The Morgan fingerprint density at radius 2 is 1.95 bits per heavy atom. The van der Waals surface area contributed by atoms with Crippen molar-refractivity contribution in [2.24, 2.45) is 0 Å². The molecule has 1 N–H and O–H groups in total. The lowest BCUT2D eigenvalue weighted by atomic mass is 10.2. The van der Waals surface area contributed by atoms with Gasteiger partial charge in [-0.2, -0.15) is 0 Å². The zero-order chi connectivity index (χ0) is 14.7. The van der Waals surface area contributed by atoms with Gasteiger partial charge in [-0.25, -0.2) is 0 Å². The van der Waals surface area contributed by atoms with Gasteiger partial charge in [-0.05, 0) is 19.2 Å². The van der Waals surface area contributed by atoms with Gasteiger partial charge in [-0.3, -0.25) is 4.68 Å². The van der Waals surface area contributed by atoms with Gasteiger partial charge in [-0.15, -0.1) is 5.10 Å². The summed E-state index contributed by atoms with van der Waals surface area (Å²) >= 11 is 0. The first-order valence-electron chi connectivity index (χ1n) is 7.36. The molecule has 0 bridgehead atoms. The molecule has 0 amide bonds. The van der Waals surface area contributed by atoms with Crippen molar-refractivity contribution in [1.82, 2.24) is 20.3 Å². The molecule has 0 atom stereocenters. The third-order valence-corrected chi connectivity index (χ3v) is 3.88. The molecule has 2 aromatic rings. The fourth-order valence-corrected chi connectivity index (χ4v) is 2.73. The number of benzene rings is 1. The first kappa shape index (κ1) is 13.9. The molecule has 0 radical (unpaired) electrons. The van der Waals surface area contributed by atoms with Gasteiger partial charge in [0, 0.05) is 39.4 Å². The maximum Gasteiger partial charge on any atom is 0.0964 e. The van der Waals surface area contributed by atoms with Crippen molar-refractivity contribution in [3.63, 3.8) is 0 Å². The highest BCUT2D eigenvalue weighted by Crippen LogP contribution is 2.31. The Kier molecular flexibility index (Phi) is 4.06. The van der Waals surface area contributed by atoms with Crippen molar-refractivity contribution in [3.05, 3.63) is 36.2 Å². The van der Waals surface area contributed by atoms with Crippen LogP contribution in [0.25, 0.3) is 0 Å². The predicted molar refractivity (Wildman–Crippen MR) is 84.7 cm³/mol. The molecule has 0 fully saturated rings. The number of para-hydroxylation sites is 2. The quantitative estimate of drug-likeness (QED) is 0.887. The summed E-state index contributed by atoms with van der Waals surface area (Å²) < 4.78 is 1.92. The third-order valence-electron chi connectivity index (χ3n) is 3.88. The van der Waals surface area contributed by atoms with Crippen molar-refractivity contribution in [2.75, 3.05) is 43.5 Å². The highest BCUT2D eigenvalue weighted by Gasteiger charge is 2.19. The van der Waals surface area contributed by atoms with Crippen molar-refractivity contribution in [1.29, 1.82) is 0 Å². The largest absolute Gasteiger partial charge is 0.371 e. The maximum absolute atomic E-state index is 4.18. The van der Waals surface area contributed by atoms with E-state index in [2.05, 4.69) is 56.7 Å². The standard InChI is InChI=1S/C15H22N6/c1-16-11-13-12-21(18-17-13)10-9-20-8-7-19(2)14-5-3-4-6-15(14)20/h3-6,12,16H,7-11H2,1-2H3. The van der Waals surface area contributed by atoms with Gasteiger partial charge in [0.2, 0.25) is 0 Å². The summed E-state index contributed by atoms with van der Waals surface area (Å²) in [6.07, 6.45) is 2.01. The number of likely N-dealkylation sites (N-methyl/N-ethyl adjacent to an activating group) is 1. The smallest absolute Gasteiger partial charge is 0.0964 e. The van der Waals surface area contributed by atoms with E-state index in [9.17, 15) is 0 Å². The van der Waals surface area contributed by atoms with Gasteiger partial charge in [0.1, 0.15) is 0 Å². The molecule has 1 aliphatic heterocycles. The number of nitrogens with zero attached hydrogens (tertiary/aromatic N) is 5. The van der Waals surface area contributed by atoms with E-state index < -0.39 is 0 Å². The van der Waals surface area contributed by atoms with Gasteiger partial charge >= 0.3 is 0 Å². The van der Waals surface area contributed by atoms with Crippen LogP contribution in [-0.4, -0.2) is 48.7 Å². The van der Waals surface area contributed by atoms with Crippen LogP contribution < -0.4 is 15.1 Å². The molecule has 0 saturated carbocycles. The van der Waals surface area contributed by atoms with Gasteiger partial charge in [0.25, 0.3) is 0 Å². The molecular weight excluding hydrogens is 264 g/mol. The van der Waals surface area contributed by atoms with E-state index >= 15 is 0 Å². The monoisotopic (exact) mass is 286 g/mol. The Hall–Kier alpha value is -2.08. The number of anilines is 2. The second kappa shape index (κ2) is 6.13. The van der Waals surface area contributed by atoms with Gasteiger partial charge < -0.3 is 15.1 Å². The van der Waals surface area contributed by atoms with Crippen molar-refractivity contribution in [2.45, 2.75) is 13.1 Å². The van der Waals surface area contributed by atoms with E-state index in [-0.39, 0.29) is 0 Å². The van der Waals surface area contributed by atoms with Gasteiger partial charge in [0.05, 0.1) is 23.6 Å². The number of hydrogen-bond donors (Lipinski definition) is 1. The molecule has 0 aliphatic carbocycles. The zero-order valence-electron chi connectivity index (χ0n) is 12.7. The van der Waals surface area contributed by atoms with Crippen molar-refractivity contribution < 1.29 is 0 Å². The fraction of sp³-hybridized carbons (Fsp3) is 0.467. The van der Waals surface area contributed by atoms with Crippen LogP contribution in [0.3, 0.4) is 0 Å². The highest BCUT2D eigenvalue weighted by molar-refractivity contribution is 5.72. The number of nitrogens with one attached hydrogen (secondary N) is 1. The number of rotatable bonds is 5. The lowest BCUT2D eigenvalue weighted by Crippen LogP contribution is -2.40. The first-order chi connectivity index (χ1) is 10.3. The Morgan fingerprint density at radius 1 is 1.14 bits per heavy atom. The number of aromatic nitrogens is 3. The molecule has 6 heteroatoms.